The maximum Gasteiger partial charge on any atom is 0.328 e. The molecule has 0 amide bonds. The van der Waals surface area contributed by atoms with Crippen molar-refractivity contribution in [3.05, 3.63) is 83.9 Å². The van der Waals surface area contributed by atoms with E-state index in [-0.39, 0.29) is 18.1 Å². The number of carbonyl (C=O) groups is 1. The number of carbonyl (C=O) groups excluding carboxylic acids is 1. The molecule has 0 aliphatic carbocycles. The van der Waals surface area contributed by atoms with Crippen LogP contribution in [0.1, 0.15) is 44.0 Å². The molecule has 0 radical (unpaired) electrons. The topological polar surface area (TPSA) is 38.3 Å². The zero-order chi connectivity index (χ0) is 18.5. The molecular formula is C23H25NO2. The highest BCUT2D eigenvalue weighted by Gasteiger charge is 2.25. The minimum absolute atomic E-state index is 0.00832. The van der Waals surface area contributed by atoms with Crippen LogP contribution in [0.5, 0.6) is 0 Å². The molecule has 3 nitrogen and oxygen atoms in total. The van der Waals surface area contributed by atoms with E-state index in [4.69, 9.17) is 4.74 Å². The number of rotatable bonds is 6. The summed E-state index contributed by atoms with van der Waals surface area (Å²) in [5, 5.41) is 5.86. The van der Waals surface area contributed by atoms with E-state index < -0.39 is 6.04 Å². The van der Waals surface area contributed by atoms with Crippen molar-refractivity contribution in [2.45, 2.75) is 39.0 Å². The van der Waals surface area contributed by atoms with Gasteiger partial charge in [0.05, 0.1) is 6.10 Å². The lowest BCUT2D eigenvalue weighted by molar-refractivity contribution is -0.150. The molecule has 0 saturated carbocycles. The van der Waals surface area contributed by atoms with Crippen LogP contribution < -0.4 is 5.32 Å². The van der Waals surface area contributed by atoms with Crippen molar-refractivity contribution in [2.75, 3.05) is 0 Å². The van der Waals surface area contributed by atoms with E-state index in [1.807, 2.05) is 56.3 Å². The van der Waals surface area contributed by atoms with Gasteiger partial charge in [-0.25, -0.2) is 4.79 Å². The summed E-state index contributed by atoms with van der Waals surface area (Å²) in [6.07, 6.45) is -0.150. The number of fused-ring (bicyclic) bond motifs is 1. The highest BCUT2D eigenvalue weighted by Crippen LogP contribution is 2.27. The molecule has 0 aromatic heterocycles. The summed E-state index contributed by atoms with van der Waals surface area (Å²) in [4.78, 5) is 12.7. The molecule has 0 saturated heterocycles. The Kier molecular flexibility index (Phi) is 5.69. The van der Waals surface area contributed by atoms with Gasteiger partial charge in [0, 0.05) is 6.04 Å². The Morgan fingerprint density at radius 3 is 2.23 bits per heavy atom. The minimum Gasteiger partial charge on any atom is -0.462 e. The van der Waals surface area contributed by atoms with Crippen LogP contribution in [0.25, 0.3) is 10.8 Å². The maximum absolute atomic E-state index is 12.7. The Morgan fingerprint density at radius 2 is 1.50 bits per heavy atom. The Hall–Kier alpha value is -2.65. The number of hydrogen-bond donors (Lipinski definition) is 1. The summed E-state index contributed by atoms with van der Waals surface area (Å²) in [6.45, 7) is 5.82. The number of ether oxygens (including phenoxy) is 1. The summed E-state index contributed by atoms with van der Waals surface area (Å²) in [5.74, 6) is -0.252. The molecule has 0 aliphatic rings. The number of hydrogen-bond acceptors (Lipinski definition) is 3. The first-order valence-corrected chi connectivity index (χ1v) is 9.05. The molecule has 26 heavy (non-hydrogen) atoms. The van der Waals surface area contributed by atoms with E-state index in [1.54, 1.807) is 0 Å². The number of nitrogens with one attached hydrogen (secondary N) is 1. The zero-order valence-electron chi connectivity index (χ0n) is 15.5. The summed E-state index contributed by atoms with van der Waals surface area (Å²) < 4.78 is 5.49. The van der Waals surface area contributed by atoms with Crippen molar-refractivity contribution >= 4 is 16.7 Å². The highest BCUT2D eigenvalue weighted by atomic mass is 16.5. The Balaban J connectivity index is 1.91. The molecule has 0 heterocycles. The van der Waals surface area contributed by atoms with Crippen LogP contribution in [0, 0.1) is 0 Å². The average molecular weight is 347 g/mol. The maximum atomic E-state index is 12.7. The Morgan fingerprint density at radius 1 is 0.846 bits per heavy atom. The van der Waals surface area contributed by atoms with Gasteiger partial charge >= 0.3 is 5.97 Å². The summed E-state index contributed by atoms with van der Waals surface area (Å²) in [5.41, 5.74) is 2.08. The third kappa shape index (κ3) is 4.12. The standard InChI is InChI=1S/C23H25NO2/c1-16(2)26-23(25)22(19-11-5-4-6-12-19)24-17(3)20-15-9-13-18-10-7-8-14-21(18)20/h4-17,22,24H,1-3H3/t17-,22+/m1/s1. The third-order valence-electron chi connectivity index (χ3n) is 4.43. The first-order chi connectivity index (χ1) is 12.6. The van der Waals surface area contributed by atoms with Crippen LogP contribution in [-0.4, -0.2) is 12.1 Å². The van der Waals surface area contributed by atoms with Crippen LogP contribution in [0.2, 0.25) is 0 Å². The molecule has 3 aromatic rings. The quantitative estimate of drug-likeness (QED) is 0.624. The molecule has 2 atom stereocenters. The fraction of sp³-hybridized carbons (Fsp3) is 0.261. The van der Waals surface area contributed by atoms with Gasteiger partial charge in [-0.15, -0.1) is 0 Å². The van der Waals surface area contributed by atoms with Crippen molar-refractivity contribution in [3.63, 3.8) is 0 Å². The smallest absolute Gasteiger partial charge is 0.328 e. The van der Waals surface area contributed by atoms with E-state index in [0.717, 1.165) is 5.56 Å². The summed E-state index contributed by atoms with van der Waals surface area (Å²) in [6, 6.07) is 23.8. The molecule has 3 rings (SSSR count). The van der Waals surface area contributed by atoms with Gasteiger partial charge in [-0.05, 0) is 42.7 Å². The number of benzene rings is 3. The van der Waals surface area contributed by atoms with Crippen molar-refractivity contribution in [1.29, 1.82) is 0 Å². The number of esters is 1. The predicted octanol–water partition coefficient (Wildman–Crippen LogP) is 5.18. The van der Waals surface area contributed by atoms with Crippen LogP contribution in [0.15, 0.2) is 72.8 Å². The zero-order valence-corrected chi connectivity index (χ0v) is 15.5. The molecule has 0 bridgehead atoms. The molecular weight excluding hydrogens is 322 g/mol. The fourth-order valence-corrected chi connectivity index (χ4v) is 3.21. The van der Waals surface area contributed by atoms with Gasteiger partial charge in [0.25, 0.3) is 0 Å². The summed E-state index contributed by atoms with van der Waals surface area (Å²) >= 11 is 0. The molecule has 0 fully saturated rings. The fourth-order valence-electron chi connectivity index (χ4n) is 3.21. The Labute approximate surface area is 155 Å². The summed E-state index contributed by atoms with van der Waals surface area (Å²) in [7, 11) is 0. The minimum atomic E-state index is -0.507. The molecule has 0 unspecified atom stereocenters. The van der Waals surface area contributed by atoms with Gasteiger partial charge in [-0.1, -0.05) is 72.8 Å². The van der Waals surface area contributed by atoms with Crippen LogP contribution in [-0.2, 0) is 9.53 Å². The van der Waals surface area contributed by atoms with E-state index in [2.05, 4.69) is 42.6 Å². The van der Waals surface area contributed by atoms with Crippen LogP contribution in [0.3, 0.4) is 0 Å². The van der Waals surface area contributed by atoms with Gasteiger partial charge in [-0.2, -0.15) is 0 Å². The third-order valence-corrected chi connectivity index (χ3v) is 4.43. The van der Waals surface area contributed by atoms with Crippen molar-refractivity contribution in [2.24, 2.45) is 0 Å². The first-order valence-electron chi connectivity index (χ1n) is 9.05. The van der Waals surface area contributed by atoms with Crippen LogP contribution >= 0.6 is 0 Å². The normalized spacial score (nSPS) is 13.5. The van der Waals surface area contributed by atoms with Gasteiger partial charge < -0.3 is 4.74 Å². The largest absolute Gasteiger partial charge is 0.462 e. The highest BCUT2D eigenvalue weighted by molar-refractivity contribution is 5.86. The molecule has 134 valence electrons. The van der Waals surface area contributed by atoms with E-state index in [9.17, 15) is 4.79 Å². The van der Waals surface area contributed by atoms with E-state index >= 15 is 0 Å². The molecule has 0 spiro atoms. The molecule has 3 aromatic carbocycles. The van der Waals surface area contributed by atoms with Gasteiger partial charge in [0.15, 0.2) is 0 Å². The second-order valence-corrected chi connectivity index (χ2v) is 6.79. The van der Waals surface area contributed by atoms with E-state index in [0.29, 0.717) is 0 Å². The Bertz CT molecular complexity index is 868. The lowest BCUT2D eigenvalue weighted by atomic mass is 9.98. The molecule has 1 N–H and O–H groups in total. The van der Waals surface area contributed by atoms with Gasteiger partial charge in [0.1, 0.15) is 6.04 Å². The monoisotopic (exact) mass is 347 g/mol. The second-order valence-electron chi connectivity index (χ2n) is 6.79. The lowest BCUT2D eigenvalue weighted by Gasteiger charge is -2.24. The van der Waals surface area contributed by atoms with E-state index in [1.165, 1.54) is 16.3 Å². The average Bonchev–Trinajstić information content (AvgIpc) is 2.65. The molecule has 0 aliphatic heterocycles. The lowest BCUT2D eigenvalue weighted by Crippen LogP contribution is -2.33. The van der Waals surface area contributed by atoms with Crippen molar-refractivity contribution < 1.29 is 9.53 Å². The first kappa shape index (κ1) is 18.2. The van der Waals surface area contributed by atoms with Crippen molar-refractivity contribution in [3.8, 4) is 0 Å². The SMILES string of the molecule is CC(C)OC(=O)[C@@H](N[C@H](C)c1cccc2ccccc12)c1ccccc1. The molecule has 3 heteroatoms. The van der Waals surface area contributed by atoms with Gasteiger partial charge in [0.2, 0.25) is 0 Å². The van der Waals surface area contributed by atoms with Crippen molar-refractivity contribution in [1.82, 2.24) is 5.32 Å². The van der Waals surface area contributed by atoms with Crippen LogP contribution in [0.4, 0.5) is 0 Å². The van der Waals surface area contributed by atoms with Gasteiger partial charge in [-0.3, -0.25) is 5.32 Å². The predicted molar refractivity (Wildman–Crippen MR) is 106 cm³/mol. The second kappa shape index (κ2) is 8.15.